The van der Waals surface area contributed by atoms with Crippen LogP contribution in [0, 0.1) is 10.6 Å². The summed E-state index contributed by atoms with van der Waals surface area (Å²) in [6.45, 7) is 6.11. The molecule has 0 saturated heterocycles. The van der Waals surface area contributed by atoms with Crippen LogP contribution >= 0.6 is 11.8 Å². The van der Waals surface area contributed by atoms with Crippen molar-refractivity contribution >= 4 is 39.5 Å². The van der Waals surface area contributed by atoms with Crippen LogP contribution < -0.4 is 15.4 Å². The fraction of sp³-hybridized carbons (Fsp3) is 0.458. The molecular formula is C24H32N2O8S. The molecule has 192 valence electrons. The van der Waals surface area contributed by atoms with E-state index in [1.165, 1.54) is 13.8 Å². The van der Waals surface area contributed by atoms with Crippen LogP contribution in [0.4, 0.5) is 0 Å². The third kappa shape index (κ3) is 8.18. The van der Waals surface area contributed by atoms with E-state index in [-0.39, 0.29) is 24.1 Å². The second kappa shape index (κ2) is 12.8. The van der Waals surface area contributed by atoms with Crippen LogP contribution in [-0.2, 0) is 24.0 Å². The Bertz CT molecular complexity index is 1040. The van der Waals surface area contributed by atoms with Gasteiger partial charge in [-0.25, -0.2) is 4.79 Å². The summed E-state index contributed by atoms with van der Waals surface area (Å²) in [5.74, 6) is -1.01. The number of carbonyl (C=O) groups excluding carboxylic acids is 3. The van der Waals surface area contributed by atoms with Gasteiger partial charge in [-0.2, -0.15) is 10.0 Å². The zero-order valence-electron chi connectivity index (χ0n) is 20.5. The van der Waals surface area contributed by atoms with E-state index in [0.717, 1.165) is 33.8 Å². The Labute approximate surface area is 208 Å². The van der Waals surface area contributed by atoms with Crippen molar-refractivity contribution in [2.75, 3.05) is 26.1 Å². The summed E-state index contributed by atoms with van der Waals surface area (Å²) in [4.78, 5) is 42.5. The number of fused-ring (bicyclic) bond motifs is 1. The van der Waals surface area contributed by atoms with Gasteiger partial charge >= 0.3 is 5.97 Å². The van der Waals surface area contributed by atoms with Crippen LogP contribution in [0.25, 0.3) is 10.8 Å². The third-order valence-corrected chi connectivity index (χ3v) is 6.50. The number of amides is 1. The van der Waals surface area contributed by atoms with Gasteiger partial charge in [0.05, 0.1) is 25.0 Å². The van der Waals surface area contributed by atoms with Crippen molar-refractivity contribution in [1.29, 1.82) is 0 Å². The Morgan fingerprint density at radius 2 is 1.83 bits per heavy atom. The highest BCUT2D eigenvalue weighted by Crippen LogP contribution is 2.28. The molecule has 0 spiro atoms. The lowest BCUT2D eigenvalue weighted by Gasteiger charge is -2.26. The van der Waals surface area contributed by atoms with Gasteiger partial charge in [-0.15, -0.1) is 0 Å². The van der Waals surface area contributed by atoms with Crippen LogP contribution in [0.15, 0.2) is 36.4 Å². The first kappa shape index (κ1) is 28.5. The molecule has 1 unspecified atom stereocenters. The van der Waals surface area contributed by atoms with Crippen molar-refractivity contribution in [3.63, 3.8) is 0 Å². The predicted molar refractivity (Wildman–Crippen MR) is 131 cm³/mol. The minimum absolute atomic E-state index is 0.0333. The number of esters is 1. The van der Waals surface area contributed by atoms with Crippen molar-refractivity contribution in [2.45, 2.75) is 39.7 Å². The molecule has 3 N–H and O–H groups in total. The fourth-order valence-corrected chi connectivity index (χ4v) is 4.07. The van der Waals surface area contributed by atoms with E-state index in [1.54, 1.807) is 21.0 Å². The van der Waals surface area contributed by atoms with Crippen molar-refractivity contribution < 1.29 is 39.3 Å². The van der Waals surface area contributed by atoms with Gasteiger partial charge in [-0.3, -0.25) is 9.59 Å². The number of ether oxygens (including phenoxy) is 2. The first-order valence-corrected chi connectivity index (χ1v) is 12.0. The maximum absolute atomic E-state index is 12.9. The molecule has 2 aromatic rings. The lowest BCUT2D eigenvalue weighted by atomic mass is 9.93. The fourth-order valence-electron chi connectivity index (χ4n) is 3.14. The average molecular weight is 509 g/mol. The first-order valence-electron chi connectivity index (χ1n) is 11.1. The summed E-state index contributed by atoms with van der Waals surface area (Å²) in [7, 11) is 1.60. The molecule has 3 atom stereocenters. The van der Waals surface area contributed by atoms with Crippen LogP contribution in [-0.4, -0.2) is 54.3 Å². The molecule has 0 saturated carbocycles. The number of carbonyl (C=O) groups is 3. The van der Waals surface area contributed by atoms with Crippen molar-refractivity contribution in [2.24, 2.45) is 5.41 Å². The number of thioether (sulfide) groups is 1. The lowest BCUT2D eigenvalue weighted by molar-refractivity contribution is -1.21. The minimum atomic E-state index is -1.50. The number of benzene rings is 2. The van der Waals surface area contributed by atoms with Gasteiger partial charge in [-0.1, -0.05) is 48.3 Å². The summed E-state index contributed by atoms with van der Waals surface area (Å²) < 4.78 is 10.3. The van der Waals surface area contributed by atoms with E-state index in [1.807, 2.05) is 36.4 Å². The average Bonchev–Trinajstić information content (AvgIpc) is 2.83. The van der Waals surface area contributed by atoms with Gasteiger partial charge < -0.3 is 20.0 Å². The molecule has 10 nitrogen and oxygen atoms in total. The standard InChI is InChI=1S/C24H32N2O8S/c1-6-33-21(27)20(25-23(29)24(3,4)14-34-26(30)31)13-35-22(28)15(2)16-7-8-18-12-19(32-5)10-9-17(18)11-16/h7-12,15,20,26,30H,6,13-14H2,1-5H3,(H,25,29)/t15-,20-/m0/s1. The molecule has 0 aliphatic heterocycles. The largest absolute Gasteiger partial charge is 0.566 e. The quantitative estimate of drug-likeness (QED) is 0.290. The Hall–Kier alpha value is -2.70. The van der Waals surface area contributed by atoms with E-state index in [9.17, 15) is 19.6 Å². The molecule has 0 bridgehead atoms. The van der Waals surface area contributed by atoms with Gasteiger partial charge in [0.1, 0.15) is 18.4 Å². The molecule has 2 rings (SSSR count). The molecular weight excluding hydrogens is 476 g/mol. The second-order valence-electron chi connectivity index (χ2n) is 8.54. The molecule has 1 amide bonds. The minimum Gasteiger partial charge on any atom is -0.566 e. The molecule has 11 heteroatoms. The predicted octanol–water partition coefficient (Wildman–Crippen LogP) is 1.99. The SMILES string of the molecule is CCOC(=O)[C@H](CSC(=O)[C@@H](C)c1ccc2cc(OC)ccc2c1)NC(=O)C(C)(C)CO[NH+]([O-])O. The van der Waals surface area contributed by atoms with E-state index in [2.05, 4.69) is 10.2 Å². The van der Waals surface area contributed by atoms with E-state index in [4.69, 9.17) is 14.7 Å². The Morgan fingerprint density at radius 3 is 2.46 bits per heavy atom. The zero-order chi connectivity index (χ0) is 26.2. The van der Waals surface area contributed by atoms with Crippen LogP contribution in [0.2, 0.25) is 0 Å². The number of hydrogen-bond acceptors (Lipinski definition) is 9. The van der Waals surface area contributed by atoms with Gasteiger partial charge in [0.2, 0.25) is 5.91 Å². The monoisotopic (exact) mass is 508 g/mol. The van der Waals surface area contributed by atoms with Gasteiger partial charge in [0.25, 0.3) is 0 Å². The molecule has 0 aliphatic carbocycles. The van der Waals surface area contributed by atoms with Gasteiger partial charge in [0, 0.05) is 5.75 Å². The normalized spacial score (nSPS) is 14.1. The Morgan fingerprint density at radius 1 is 1.17 bits per heavy atom. The highest BCUT2D eigenvalue weighted by Gasteiger charge is 2.34. The first-order chi connectivity index (χ1) is 16.5. The van der Waals surface area contributed by atoms with Crippen LogP contribution in [0.5, 0.6) is 5.75 Å². The molecule has 0 radical (unpaired) electrons. The second-order valence-corrected chi connectivity index (χ2v) is 9.57. The van der Waals surface area contributed by atoms with Crippen LogP contribution in [0.1, 0.15) is 39.2 Å². The zero-order valence-corrected chi connectivity index (χ0v) is 21.3. The summed E-state index contributed by atoms with van der Waals surface area (Å²) >= 11 is 0.924. The molecule has 35 heavy (non-hydrogen) atoms. The third-order valence-electron chi connectivity index (χ3n) is 5.36. The Balaban J connectivity index is 2.08. The highest BCUT2D eigenvalue weighted by molar-refractivity contribution is 8.13. The summed E-state index contributed by atoms with van der Waals surface area (Å²) in [6.07, 6.45) is 0. The number of methoxy groups -OCH3 is 1. The van der Waals surface area contributed by atoms with Crippen LogP contribution in [0.3, 0.4) is 0 Å². The maximum Gasteiger partial charge on any atom is 0.329 e. The summed E-state index contributed by atoms with van der Waals surface area (Å²) in [6, 6.07) is 10.3. The highest BCUT2D eigenvalue weighted by atomic mass is 32.2. The van der Waals surface area contributed by atoms with E-state index >= 15 is 0 Å². The van der Waals surface area contributed by atoms with Crippen molar-refractivity contribution in [1.82, 2.24) is 5.32 Å². The summed E-state index contributed by atoms with van der Waals surface area (Å²) in [5.41, 5.74) is -0.400. The van der Waals surface area contributed by atoms with E-state index in [0.29, 0.717) is 0 Å². The lowest BCUT2D eigenvalue weighted by Crippen LogP contribution is -3.03. The topological polar surface area (TPSA) is 139 Å². The number of quaternary nitrogens is 1. The van der Waals surface area contributed by atoms with Gasteiger partial charge in [-0.05, 0) is 49.2 Å². The smallest absolute Gasteiger partial charge is 0.329 e. The number of rotatable bonds is 12. The summed E-state index contributed by atoms with van der Waals surface area (Å²) in [5, 5.41) is 22.2. The molecule has 0 fully saturated rings. The number of hydrogen-bond donors (Lipinski definition) is 3. The van der Waals surface area contributed by atoms with Crippen molar-refractivity contribution in [3.8, 4) is 5.75 Å². The Kier molecular flexibility index (Phi) is 10.5. The van der Waals surface area contributed by atoms with Crippen molar-refractivity contribution in [3.05, 3.63) is 47.2 Å². The van der Waals surface area contributed by atoms with E-state index < -0.39 is 34.6 Å². The molecule has 0 heterocycles. The molecule has 0 aliphatic rings. The maximum atomic E-state index is 12.9. The molecule has 0 aromatic heterocycles. The number of nitrogens with one attached hydrogen (secondary N) is 2. The molecule has 2 aromatic carbocycles. The van der Waals surface area contributed by atoms with Gasteiger partial charge in [0.15, 0.2) is 5.12 Å².